The van der Waals surface area contributed by atoms with Gasteiger partial charge in [0.2, 0.25) is 0 Å². The van der Waals surface area contributed by atoms with Crippen LogP contribution in [0.5, 0.6) is 0 Å². The molecule has 118 valence electrons. The van der Waals surface area contributed by atoms with Crippen LogP contribution < -0.4 is 0 Å². The van der Waals surface area contributed by atoms with E-state index in [1.165, 1.54) is 51.4 Å². The molecule has 1 heterocycles. The predicted molar refractivity (Wildman–Crippen MR) is 85.0 cm³/mol. The fraction of sp³-hybridized carbons (Fsp3) is 1.00. The maximum atomic E-state index is 6.40. The molecular weight excluding hydrogens is 256 g/mol. The Kier molecular flexibility index (Phi) is 2.27. The van der Waals surface area contributed by atoms with Crippen LogP contribution in [0.1, 0.15) is 79.1 Å². The highest BCUT2D eigenvalue weighted by atomic mass is 16.5. The van der Waals surface area contributed by atoms with Crippen LogP contribution in [0.3, 0.4) is 0 Å². The summed E-state index contributed by atoms with van der Waals surface area (Å²) in [5.41, 5.74) is 2.10. The normalized spacial score (nSPS) is 63.4. The zero-order chi connectivity index (χ0) is 14.7. The molecule has 1 aliphatic heterocycles. The van der Waals surface area contributed by atoms with E-state index >= 15 is 0 Å². The Labute approximate surface area is 130 Å². The van der Waals surface area contributed by atoms with Crippen molar-refractivity contribution in [3.05, 3.63) is 0 Å². The zero-order valence-electron chi connectivity index (χ0n) is 14.4. The first-order chi connectivity index (χ1) is 9.79. The highest BCUT2D eigenvalue weighted by Crippen LogP contribution is 2.76. The number of hydrogen-bond acceptors (Lipinski definition) is 1. The second-order valence-electron chi connectivity index (χ2n) is 10.5. The van der Waals surface area contributed by atoms with E-state index in [0.29, 0.717) is 22.3 Å². The fourth-order valence-electron chi connectivity index (χ4n) is 8.59. The van der Waals surface area contributed by atoms with Gasteiger partial charge in [0.15, 0.2) is 0 Å². The second-order valence-corrected chi connectivity index (χ2v) is 10.5. The number of rotatable bonds is 0. The molecule has 0 amide bonds. The van der Waals surface area contributed by atoms with Crippen LogP contribution in [0, 0.1) is 34.0 Å². The fourth-order valence-corrected chi connectivity index (χ4v) is 8.59. The Morgan fingerprint density at radius 2 is 1.76 bits per heavy atom. The largest absolute Gasteiger partial charge is 0.371 e. The van der Waals surface area contributed by atoms with E-state index in [0.717, 1.165) is 17.8 Å². The average molecular weight is 288 g/mol. The van der Waals surface area contributed by atoms with Gasteiger partial charge in [0.05, 0.1) is 11.7 Å². The molecule has 1 nitrogen and oxygen atoms in total. The molecule has 7 atom stereocenters. The van der Waals surface area contributed by atoms with Crippen LogP contribution in [0.25, 0.3) is 0 Å². The number of ether oxygens (including phenoxy) is 1. The first-order valence-electron chi connectivity index (χ1n) is 9.47. The summed E-state index contributed by atoms with van der Waals surface area (Å²) >= 11 is 0. The third kappa shape index (κ3) is 1.39. The van der Waals surface area contributed by atoms with Crippen molar-refractivity contribution in [3.8, 4) is 0 Å². The lowest BCUT2D eigenvalue weighted by molar-refractivity contribution is -0.249. The molecule has 0 aromatic rings. The van der Waals surface area contributed by atoms with Gasteiger partial charge < -0.3 is 4.74 Å². The van der Waals surface area contributed by atoms with E-state index < -0.39 is 0 Å². The monoisotopic (exact) mass is 288 g/mol. The van der Waals surface area contributed by atoms with E-state index in [2.05, 4.69) is 27.7 Å². The minimum absolute atomic E-state index is 0.271. The van der Waals surface area contributed by atoms with Crippen molar-refractivity contribution < 1.29 is 4.74 Å². The van der Waals surface area contributed by atoms with Crippen molar-refractivity contribution in [1.82, 2.24) is 0 Å². The summed E-state index contributed by atoms with van der Waals surface area (Å²) < 4.78 is 6.40. The van der Waals surface area contributed by atoms with Gasteiger partial charge in [-0.1, -0.05) is 27.2 Å². The van der Waals surface area contributed by atoms with Gasteiger partial charge in [-0.05, 0) is 80.0 Å². The van der Waals surface area contributed by atoms with E-state index in [9.17, 15) is 0 Å². The van der Waals surface area contributed by atoms with Crippen molar-refractivity contribution >= 4 is 0 Å². The van der Waals surface area contributed by atoms with Crippen LogP contribution in [-0.4, -0.2) is 11.7 Å². The van der Waals surface area contributed by atoms with Gasteiger partial charge in [-0.2, -0.15) is 0 Å². The molecule has 4 aliphatic carbocycles. The van der Waals surface area contributed by atoms with Crippen molar-refractivity contribution in [2.24, 2.45) is 34.0 Å². The van der Waals surface area contributed by atoms with E-state index in [1.54, 1.807) is 0 Å². The van der Waals surface area contributed by atoms with Crippen molar-refractivity contribution in [2.45, 2.75) is 90.8 Å². The summed E-state index contributed by atoms with van der Waals surface area (Å²) in [5.74, 6) is 2.82. The van der Waals surface area contributed by atoms with Crippen LogP contribution >= 0.6 is 0 Å². The first-order valence-corrected chi connectivity index (χ1v) is 9.47. The summed E-state index contributed by atoms with van der Waals surface area (Å²) in [5, 5.41) is 0. The van der Waals surface area contributed by atoms with E-state index in [4.69, 9.17) is 4.74 Å². The minimum atomic E-state index is 0.271. The quantitative estimate of drug-likeness (QED) is 0.596. The zero-order valence-corrected chi connectivity index (χ0v) is 14.4. The molecule has 5 rings (SSSR count). The highest BCUT2D eigenvalue weighted by Gasteiger charge is 2.73. The van der Waals surface area contributed by atoms with Crippen molar-refractivity contribution in [1.29, 1.82) is 0 Å². The minimum Gasteiger partial charge on any atom is -0.371 e. The third-order valence-corrected chi connectivity index (χ3v) is 9.19. The predicted octanol–water partition coefficient (Wildman–Crippen LogP) is 5.19. The standard InChI is InChI=1S/C20H32O/c1-17(2)7-5-8-18(3)15(17)6-9-20-11-13-14(10-16(18)20)21-19(13,4)12-20/h13-16H,5-12H2,1-4H3/t13-,14?,15+,16-,18+,19?,20-/m0/s1. The van der Waals surface area contributed by atoms with Crippen LogP contribution in [0.4, 0.5) is 0 Å². The van der Waals surface area contributed by atoms with Crippen LogP contribution in [0.15, 0.2) is 0 Å². The summed E-state index contributed by atoms with van der Waals surface area (Å²) in [7, 11) is 0. The van der Waals surface area contributed by atoms with Crippen molar-refractivity contribution in [2.75, 3.05) is 0 Å². The van der Waals surface area contributed by atoms with Crippen molar-refractivity contribution in [3.63, 3.8) is 0 Å². The lowest BCUT2D eigenvalue weighted by Crippen LogP contribution is -2.59. The molecule has 21 heavy (non-hydrogen) atoms. The third-order valence-electron chi connectivity index (χ3n) is 9.19. The Hall–Kier alpha value is -0.0400. The molecule has 2 bridgehead atoms. The van der Waals surface area contributed by atoms with Gasteiger partial charge in [-0.15, -0.1) is 0 Å². The summed E-state index contributed by atoms with van der Waals surface area (Å²) in [6.07, 6.45) is 12.3. The molecule has 1 spiro atoms. The smallest absolute Gasteiger partial charge is 0.0716 e. The summed E-state index contributed by atoms with van der Waals surface area (Å²) in [4.78, 5) is 0. The highest BCUT2D eigenvalue weighted by molar-refractivity contribution is 5.21. The Morgan fingerprint density at radius 1 is 0.952 bits per heavy atom. The molecule has 0 aromatic carbocycles. The lowest BCUT2D eigenvalue weighted by atomic mass is 9.41. The van der Waals surface area contributed by atoms with Gasteiger partial charge >= 0.3 is 0 Å². The SMILES string of the molecule is CC1(C)CCC[C@]2(C)[C@@H]1CC[C@@]13C[C@H]4C(C[C@H]12)OC4(C)C3. The molecule has 0 N–H and O–H groups in total. The maximum Gasteiger partial charge on any atom is 0.0716 e. The Morgan fingerprint density at radius 3 is 2.57 bits per heavy atom. The molecule has 1 saturated heterocycles. The second kappa shape index (κ2) is 3.55. The van der Waals surface area contributed by atoms with Gasteiger partial charge in [0.1, 0.15) is 0 Å². The average Bonchev–Trinajstić information content (AvgIpc) is 2.49. The van der Waals surface area contributed by atoms with Crippen LogP contribution in [-0.2, 0) is 4.74 Å². The molecule has 5 fully saturated rings. The molecule has 2 unspecified atom stereocenters. The maximum absolute atomic E-state index is 6.40. The van der Waals surface area contributed by atoms with Gasteiger partial charge in [-0.3, -0.25) is 0 Å². The Balaban J connectivity index is 1.58. The number of fused-ring (bicyclic) bond motifs is 2. The molecule has 0 aromatic heterocycles. The topological polar surface area (TPSA) is 9.23 Å². The van der Waals surface area contributed by atoms with Gasteiger partial charge in [-0.25, -0.2) is 0 Å². The van der Waals surface area contributed by atoms with E-state index in [-0.39, 0.29) is 5.60 Å². The number of hydrogen-bond donors (Lipinski definition) is 0. The Bertz CT molecular complexity index is 496. The molecule has 5 aliphatic rings. The lowest BCUT2D eigenvalue weighted by Gasteiger charge is -2.64. The van der Waals surface area contributed by atoms with Gasteiger partial charge in [0.25, 0.3) is 0 Å². The molecule has 0 radical (unpaired) electrons. The van der Waals surface area contributed by atoms with Crippen LogP contribution in [0.2, 0.25) is 0 Å². The summed E-state index contributed by atoms with van der Waals surface area (Å²) in [6, 6.07) is 0. The first kappa shape index (κ1) is 13.4. The molecule has 1 heteroatoms. The summed E-state index contributed by atoms with van der Waals surface area (Å²) in [6.45, 7) is 10.2. The molecular formula is C20H32O. The van der Waals surface area contributed by atoms with Gasteiger partial charge in [0, 0.05) is 5.92 Å². The molecule has 4 saturated carbocycles. The van der Waals surface area contributed by atoms with E-state index in [1.807, 2.05) is 0 Å².